The van der Waals surface area contributed by atoms with Crippen LogP contribution in [0.1, 0.15) is 12.5 Å². The van der Waals surface area contributed by atoms with E-state index in [0.29, 0.717) is 0 Å². The van der Waals surface area contributed by atoms with E-state index in [9.17, 15) is 0 Å². The third-order valence-corrected chi connectivity index (χ3v) is 6.32. The zero-order chi connectivity index (χ0) is 20.8. The molecule has 5 aromatic rings. The van der Waals surface area contributed by atoms with Crippen molar-refractivity contribution in [1.82, 2.24) is 14.5 Å². The molecule has 3 aromatic heterocycles. The van der Waals surface area contributed by atoms with Crippen molar-refractivity contribution in [3.8, 4) is 5.69 Å². The molecule has 5 rings (SSSR count). The largest absolute Gasteiger partial charge is 0.373 e. The SMILES string of the molecule is C=C(C)c1c(NC)nc2ncc(-n3c4ccccc4c4ccccc43)cc2c1SC. The number of rotatable bonds is 4. The summed E-state index contributed by atoms with van der Waals surface area (Å²) >= 11 is 1.71. The van der Waals surface area contributed by atoms with Crippen LogP contribution in [0.5, 0.6) is 0 Å². The molecule has 1 N–H and O–H groups in total. The summed E-state index contributed by atoms with van der Waals surface area (Å²) in [6.45, 7) is 6.21. The van der Waals surface area contributed by atoms with Crippen molar-refractivity contribution in [3.05, 3.63) is 72.9 Å². The molecular weight excluding hydrogens is 388 g/mol. The molecule has 0 unspecified atom stereocenters. The van der Waals surface area contributed by atoms with Crippen LogP contribution in [-0.4, -0.2) is 27.8 Å². The summed E-state index contributed by atoms with van der Waals surface area (Å²) in [5.41, 5.74) is 6.15. The van der Waals surface area contributed by atoms with Gasteiger partial charge >= 0.3 is 0 Å². The molecule has 0 aliphatic carbocycles. The van der Waals surface area contributed by atoms with E-state index in [1.807, 2.05) is 20.2 Å². The molecule has 0 fully saturated rings. The summed E-state index contributed by atoms with van der Waals surface area (Å²) in [6, 6.07) is 19.2. The van der Waals surface area contributed by atoms with Gasteiger partial charge in [0.25, 0.3) is 0 Å². The average Bonchev–Trinajstić information content (AvgIpc) is 3.11. The van der Waals surface area contributed by atoms with Crippen molar-refractivity contribution < 1.29 is 0 Å². The quantitative estimate of drug-likeness (QED) is 0.342. The van der Waals surface area contributed by atoms with E-state index >= 15 is 0 Å². The maximum Gasteiger partial charge on any atom is 0.162 e. The summed E-state index contributed by atoms with van der Waals surface area (Å²) in [7, 11) is 1.89. The number of benzene rings is 2. The summed E-state index contributed by atoms with van der Waals surface area (Å²) < 4.78 is 2.29. The number of hydrogen-bond donors (Lipinski definition) is 1. The summed E-state index contributed by atoms with van der Waals surface area (Å²) in [4.78, 5) is 10.7. The Labute approximate surface area is 179 Å². The lowest BCUT2D eigenvalue weighted by Gasteiger charge is -2.16. The first-order valence-electron chi connectivity index (χ1n) is 9.84. The minimum Gasteiger partial charge on any atom is -0.373 e. The molecular formula is C25H22N4S. The highest BCUT2D eigenvalue weighted by atomic mass is 32.2. The lowest BCUT2D eigenvalue weighted by molar-refractivity contribution is 1.14. The molecule has 30 heavy (non-hydrogen) atoms. The van der Waals surface area contributed by atoms with Crippen molar-refractivity contribution in [2.24, 2.45) is 0 Å². The van der Waals surface area contributed by atoms with Gasteiger partial charge in [0.05, 0.1) is 22.9 Å². The smallest absolute Gasteiger partial charge is 0.162 e. The Balaban J connectivity index is 1.88. The number of anilines is 1. The lowest BCUT2D eigenvalue weighted by Crippen LogP contribution is -2.03. The third-order valence-electron chi connectivity index (χ3n) is 5.48. The molecule has 148 valence electrons. The highest BCUT2D eigenvalue weighted by Gasteiger charge is 2.18. The van der Waals surface area contributed by atoms with E-state index in [0.717, 1.165) is 38.6 Å². The molecule has 5 heteroatoms. The first-order chi connectivity index (χ1) is 14.6. The van der Waals surface area contributed by atoms with Crippen LogP contribution in [0.4, 0.5) is 5.82 Å². The van der Waals surface area contributed by atoms with Gasteiger partial charge in [0, 0.05) is 33.7 Å². The molecule has 0 radical (unpaired) electrons. The van der Waals surface area contributed by atoms with Crippen LogP contribution in [0.3, 0.4) is 0 Å². The van der Waals surface area contributed by atoms with E-state index < -0.39 is 0 Å². The molecule has 0 aliphatic rings. The molecule has 4 nitrogen and oxygen atoms in total. The zero-order valence-corrected chi connectivity index (χ0v) is 18.0. The number of aromatic nitrogens is 3. The highest BCUT2D eigenvalue weighted by Crippen LogP contribution is 2.38. The van der Waals surface area contributed by atoms with Crippen LogP contribution in [0.25, 0.3) is 44.1 Å². The predicted octanol–water partition coefficient (Wildman–Crippen LogP) is 6.52. The predicted molar refractivity (Wildman–Crippen MR) is 130 cm³/mol. The summed E-state index contributed by atoms with van der Waals surface area (Å²) in [5, 5.41) is 6.73. The maximum atomic E-state index is 4.76. The number of hydrogen-bond acceptors (Lipinski definition) is 4. The second kappa shape index (κ2) is 7.18. The molecule has 0 bridgehead atoms. The van der Waals surface area contributed by atoms with Crippen LogP contribution in [-0.2, 0) is 0 Å². The number of thioether (sulfide) groups is 1. The fourth-order valence-electron chi connectivity index (χ4n) is 4.22. The fraction of sp³-hybridized carbons (Fsp3) is 0.120. The normalized spacial score (nSPS) is 11.4. The van der Waals surface area contributed by atoms with Gasteiger partial charge in [-0.15, -0.1) is 11.8 Å². The molecule has 3 heterocycles. The van der Waals surface area contributed by atoms with E-state index in [-0.39, 0.29) is 0 Å². The van der Waals surface area contributed by atoms with E-state index in [1.54, 1.807) is 11.8 Å². The van der Waals surface area contributed by atoms with Crippen LogP contribution in [0.2, 0.25) is 0 Å². The molecule has 0 aliphatic heterocycles. The van der Waals surface area contributed by atoms with Gasteiger partial charge in [-0.05, 0) is 37.0 Å². The Morgan fingerprint density at radius 3 is 2.20 bits per heavy atom. The van der Waals surface area contributed by atoms with Gasteiger partial charge in [0.15, 0.2) is 5.65 Å². The molecule has 0 amide bonds. The van der Waals surface area contributed by atoms with Crippen molar-refractivity contribution in [2.75, 3.05) is 18.6 Å². The molecule has 0 atom stereocenters. The van der Waals surface area contributed by atoms with Gasteiger partial charge < -0.3 is 9.88 Å². The molecule has 0 saturated heterocycles. The minimum atomic E-state index is 0.734. The molecule has 2 aromatic carbocycles. The highest BCUT2D eigenvalue weighted by molar-refractivity contribution is 7.98. The van der Waals surface area contributed by atoms with Gasteiger partial charge in [-0.25, -0.2) is 9.97 Å². The lowest BCUT2D eigenvalue weighted by atomic mass is 10.1. The second-order valence-electron chi connectivity index (χ2n) is 7.33. The second-order valence-corrected chi connectivity index (χ2v) is 8.15. The molecule has 0 spiro atoms. The van der Waals surface area contributed by atoms with Crippen LogP contribution in [0, 0.1) is 0 Å². The zero-order valence-electron chi connectivity index (χ0n) is 17.2. The average molecular weight is 411 g/mol. The van der Waals surface area contributed by atoms with Gasteiger partial charge in [-0.3, -0.25) is 0 Å². The first kappa shape index (κ1) is 18.7. The van der Waals surface area contributed by atoms with Crippen molar-refractivity contribution in [3.63, 3.8) is 0 Å². The van der Waals surface area contributed by atoms with Gasteiger partial charge in [0.1, 0.15) is 5.82 Å². The Morgan fingerprint density at radius 1 is 1.00 bits per heavy atom. The Hall–Kier alpha value is -3.31. The fourth-order valence-corrected chi connectivity index (χ4v) is 5.06. The maximum absolute atomic E-state index is 4.76. The number of allylic oxidation sites excluding steroid dienone is 1. The van der Waals surface area contributed by atoms with Crippen LogP contribution >= 0.6 is 11.8 Å². The monoisotopic (exact) mass is 410 g/mol. The number of nitrogens with zero attached hydrogens (tertiary/aromatic N) is 3. The topological polar surface area (TPSA) is 42.7 Å². The Bertz CT molecular complexity index is 1400. The Morgan fingerprint density at radius 2 is 1.63 bits per heavy atom. The van der Waals surface area contributed by atoms with E-state index in [2.05, 4.69) is 77.3 Å². The van der Waals surface area contributed by atoms with Crippen molar-refractivity contribution in [1.29, 1.82) is 0 Å². The summed E-state index contributed by atoms with van der Waals surface area (Å²) in [6.07, 6.45) is 4.01. The van der Waals surface area contributed by atoms with E-state index in [1.165, 1.54) is 21.8 Å². The van der Waals surface area contributed by atoms with Crippen molar-refractivity contribution >= 4 is 56.0 Å². The van der Waals surface area contributed by atoms with Gasteiger partial charge in [0.2, 0.25) is 0 Å². The van der Waals surface area contributed by atoms with Gasteiger partial charge in [-0.2, -0.15) is 0 Å². The van der Waals surface area contributed by atoms with Crippen molar-refractivity contribution in [2.45, 2.75) is 11.8 Å². The summed E-state index contributed by atoms with van der Waals surface area (Å²) in [5.74, 6) is 0.816. The number of pyridine rings is 2. The van der Waals surface area contributed by atoms with E-state index in [4.69, 9.17) is 9.97 Å². The third kappa shape index (κ3) is 2.70. The first-order valence-corrected chi connectivity index (χ1v) is 11.1. The Kier molecular flexibility index (Phi) is 4.48. The molecule has 0 saturated carbocycles. The van der Waals surface area contributed by atoms with Crippen LogP contribution in [0.15, 0.2) is 72.3 Å². The number of nitrogens with one attached hydrogen (secondary N) is 1. The number of fused-ring (bicyclic) bond motifs is 4. The van der Waals surface area contributed by atoms with Gasteiger partial charge in [-0.1, -0.05) is 43.0 Å². The minimum absolute atomic E-state index is 0.734. The van der Waals surface area contributed by atoms with Crippen LogP contribution < -0.4 is 5.32 Å². The standard InChI is InChI=1S/C25H22N4S/c1-15(2)22-23(30-4)19-13-16(14-27-24(19)28-25(22)26-3)29-20-11-7-5-9-17(20)18-10-6-8-12-21(18)29/h5-14H,1H2,2-4H3,(H,26,27,28). The number of para-hydroxylation sites is 2.